The quantitative estimate of drug-likeness (QED) is 0.662. The average Bonchev–Trinajstić information content (AvgIpc) is 2.74. The second-order valence-electron chi connectivity index (χ2n) is 10.6. The van der Waals surface area contributed by atoms with Gasteiger partial charge in [-0.3, -0.25) is 14.3 Å². The van der Waals surface area contributed by atoms with Crippen LogP contribution in [0.5, 0.6) is 0 Å². The summed E-state index contributed by atoms with van der Waals surface area (Å²) in [5, 5.41) is 4.20. The van der Waals surface area contributed by atoms with Crippen LogP contribution in [0.15, 0.2) is 29.1 Å². The normalized spacial score (nSPS) is 20.3. The molecule has 2 heterocycles. The highest BCUT2D eigenvalue weighted by atomic mass is 16.6. The van der Waals surface area contributed by atoms with Crippen molar-refractivity contribution < 1.29 is 9.53 Å². The van der Waals surface area contributed by atoms with Gasteiger partial charge in [-0.15, -0.1) is 0 Å². The molecule has 8 heteroatoms. The zero-order chi connectivity index (χ0) is 25.0. The molecule has 2 aromatic rings. The number of ether oxygens (including phenoxy) is 1. The summed E-state index contributed by atoms with van der Waals surface area (Å²) >= 11 is 0. The van der Waals surface area contributed by atoms with Gasteiger partial charge in [0.2, 0.25) is 0 Å². The van der Waals surface area contributed by atoms with E-state index in [4.69, 9.17) is 9.72 Å². The predicted octanol–water partition coefficient (Wildman–Crippen LogP) is 3.79. The van der Waals surface area contributed by atoms with Gasteiger partial charge in [0.25, 0.3) is 5.56 Å². The summed E-state index contributed by atoms with van der Waals surface area (Å²) in [5.74, 6) is 0.782. The second-order valence-corrected chi connectivity index (χ2v) is 10.6. The number of rotatable bonds is 7. The van der Waals surface area contributed by atoms with Crippen LogP contribution in [-0.4, -0.2) is 69.8 Å². The van der Waals surface area contributed by atoms with E-state index in [1.54, 1.807) is 11.6 Å². The lowest BCUT2D eigenvalue weighted by molar-refractivity contribution is 0.0291. The highest BCUT2D eigenvalue weighted by Crippen LogP contribution is 2.27. The van der Waals surface area contributed by atoms with Crippen LogP contribution in [0.1, 0.15) is 66.3 Å². The number of likely N-dealkylation sites (N-methyl/N-ethyl adjacent to an activating group) is 1. The average molecular weight is 472 g/mol. The number of nitrogens with one attached hydrogen (secondary N) is 1. The van der Waals surface area contributed by atoms with Crippen molar-refractivity contribution in [3.63, 3.8) is 0 Å². The van der Waals surface area contributed by atoms with Crippen LogP contribution in [0.25, 0.3) is 10.9 Å². The van der Waals surface area contributed by atoms with Crippen LogP contribution >= 0.6 is 0 Å². The molecule has 0 radical (unpaired) electrons. The molecule has 0 aliphatic carbocycles. The van der Waals surface area contributed by atoms with Crippen molar-refractivity contribution in [3.05, 3.63) is 40.4 Å². The number of aromatic nitrogens is 2. The fourth-order valence-electron chi connectivity index (χ4n) is 4.71. The van der Waals surface area contributed by atoms with Crippen LogP contribution < -0.4 is 10.9 Å². The van der Waals surface area contributed by atoms with E-state index < -0.39 is 11.7 Å². The maximum atomic E-state index is 13.6. The molecule has 8 nitrogen and oxygen atoms in total. The Morgan fingerprint density at radius 3 is 2.50 bits per heavy atom. The molecule has 0 spiro atoms. The Kier molecular flexibility index (Phi) is 8.36. The minimum Gasteiger partial charge on any atom is -0.444 e. The molecule has 1 saturated heterocycles. The van der Waals surface area contributed by atoms with Crippen LogP contribution in [0.3, 0.4) is 0 Å². The van der Waals surface area contributed by atoms with E-state index in [1.165, 1.54) is 4.90 Å². The molecule has 1 N–H and O–H groups in total. The summed E-state index contributed by atoms with van der Waals surface area (Å²) in [4.78, 5) is 35.2. The fourth-order valence-corrected chi connectivity index (χ4v) is 4.71. The lowest BCUT2D eigenvalue weighted by Crippen LogP contribution is -2.55. The van der Waals surface area contributed by atoms with Crippen molar-refractivity contribution in [1.29, 1.82) is 0 Å². The topological polar surface area (TPSA) is 79.7 Å². The van der Waals surface area contributed by atoms with E-state index in [1.807, 2.05) is 45.0 Å². The number of benzene rings is 1. The van der Waals surface area contributed by atoms with E-state index >= 15 is 0 Å². The Hall–Kier alpha value is -2.45. The molecule has 1 aliphatic heterocycles. The van der Waals surface area contributed by atoms with E-state index in [0.717, 1.165) is 37.3 Å². The summed E-state index contributed by atoms with van der Waals surface area (Å²) in [6, 6.07) is 8.27. The molecule has 34 heavy (non-hydrogen) atoms. The third-order valence-electron chi connectivity index (χ3n) is 6.14. The maximum absolute atomic E-state index is 13.6. The van der Waals surface area contributed by atoms with Crippen LogP contribution in [0.2, 0.25) is 0 Å². The lowest BCUT2D eigenvalue weighted by atomic mass is 10.0. The third-order valence-corrected chi connectivity index (χ3v) is 6.14. The first kappa shape index (κ1) is 26.2. The van der Waals surface area contributed by atoms with Gasteiger partial charge in [0.15, 0.2) is 0 Å². The van der Waals surface area contributed by atoms with Gasteiger partial charge in [-0.05, 0) is 53.2 Å². The number of piperazine rings is 1. The van der Waals surface area contributed by atoms with Crippen LogP contribution in [0, 0.1) is 0 Å². The molecule has 1 fully saturated rings. The number of nitrogens with zero attached hydrogens (tertiary/aromatic N) is 4. The van der Waals surface area contributed by atoms with Gasteiger partial charge in [-0.25, -0.2) is 9.78 Å². The number of hydrogen-bond acceptors (Lipinski definition) is 6. The number of amides is 1. The predicted molar refractivity (Wildman–Crippen MR) is 136 cm³/mol. The fraction of sp³-hybridized carbons (Fsp3) is 0.654. The second kappa shape index (κ2) is 10.9. The molecule has 1 aliphatic rings. The largest absolute Gasteiger partial charge is 0.444 e. The van der Waals surface area contributed by atoms with Gasteiger partial charge in [-0.1, -0.05) is 25.5 Å². The number of carbonyl (C=O) groups excluding carboxylic acids is 1. The summed E-state index contributed by atoms with van der Waals surface area (Å²) in [7, 11) is 1.70. The number of carbonyl (C=O) groups is 1. The standard InChI is InChI=1S/C26H41N5O3/c1-8-11-22(30-16-18(2)27-19(3)17-30)23-28-21-13-10-9-12-20(21)24(32)31(23)15-14-29(7)25(33)34-26(4,5)6/h9-10,12-13,18-19,22,27H,8,11,14-17H2,1-7H3/t18-,19+,22?. The first-order chi connectivity index (χ1) is 16.0. The van der Waals surface area contributed by atoms with E-state index in [0.29, 0.717) is 30.6 Å². The Balaban J connectivity index is 1.99. The first-order valence-corrected chi connectivity index (χ1v) is 12.4. The van der Waals surface area contributed by atoms with E-state index in [9.17, 15) is 9.59 Å². The molecule has 1 aromatic carbocycles. The molecular formula is C26H41N5O3. The third kappa shape index (κ3) is 6.36. The minimum atomic E-state index is -0.570. The van der Waals surface area contributed by atoms with Crippen molar-refractivity contribution in [2.24, 2.45) is 0 Å². The van der Waals surface area contributed by atoms with Crippen molar-refractivity contribution in [3.8, 4) is 0 Å². The monoisotopic (exact) mass is 471 g/mol. The van der Waals surface area contributed by atoms with Gasteiger partial charge in [-0.2, -0.15) is 0 Å². The number of fused-ring (bicyclic) bond motifs is 1. The Bertz CT molecular complexity index is 1030. The zero-order valence-corrected chi connectivity index (χ0v) is 21.8. The summed E-state index contributed by atoms with van der Waals surface area (Å²) in [5.41, 5.74) is 0.0897. The van der Waals surface area contributed by atoms with Gasteiger partial charge in [0.05, 0.1) is 16.9 Å². The Morgan fingerprint density at radius 2 is 1.88 bits per heavy atom. The lowest BCUT2D eigenvalue weighted by Gasteiger charge is -2.41. The summed E-state index contributed by atoms with van der Waals surface area (Å²) in [6.07, 6.45) is 1.50. The van der Waals surface area contributed by atoms with Crippen molar-refractivity contribution in [2.45, 2.75) is 84.7 Å². The molecule has 3 atom stereocenters. The number of hydrogen-bond donors (Lipinski definition) is 1. The molecule has 1 amide bonds. The Morgan fingerprint density at radius 1 is 1.24 bits per heavy atom. The molecule has 188 valence electrons. The molecule has 0 saturated carbocycles. The van der Waals surface area contributed by atoms with Gasteiger partial charge >= 0.3 is 6.09 Å². The van der Waals surface area contributed by atoms with Gasteiger partial charge < -0.3 is 15.0 Å². The van der Waals surface area contributed by atoms with E-state index in [2.05, 4.69) is 31.0 Å². The SMILES string of the molecule is CCCC(c1nc2ccccc2c(=O)n1CCN(C)C(=O)OC(C)(C)C)N1C[C@@H](C)N[C@@H](C)C1. The van der Waals surface area contributed by atoms with Gasteiger partial charge in [0.1, 0.15) is 11.4 Å². The maximum Gasteiger partial charge on any atom is 0.410 e. The molecule has 0 bridgehead atoms. The van der Waals surface area contributed by atoms with Crippen LogP contribution in [-0.2, 0) is 11.3 Å². The van der Waals surface area contributed by atoms with E-state index in [-0.39, 0.29) is 11.6 Å². The molecule has 1 unspecified atom stereocenters. The molecule has 3 rings (SSSR count). The summed E-state index contributed by atoms with van der Waals surface area (Å²) in [6.45, 7) is 14.6. The highest BCUT2D eigenvalue weighted by molar-refractivity contribution is 5.77. The van der Waals surface area contributed by atoms with Crippen molar-refractivity contribution in [1.82, 2.24) is 24.7 Å². The highest BCUT2D eigenvalue weighted by Gasteiger charge is 2.31. The smallest absolute Gasteiger partial charge is 0.410 e. The van der Waals surface area contributed by atoms with Gasteiger partial charge in [0, 0.05) is 45.3 Å². The van der Waals surface area contributed by atoms with Crippen LogP contribution in [0.4, 0.5) is 4.79 Å². The zero-order valence-electron chi connectivity index (χ0n) is 21.8. The molecular weight excluding hydrogens is 430 g/mol. The Labute approximate surface area is 203 Å². The van der Waals surface area contributed by atoms with Crippen molar-refractivity contribution >= 4 is 17.0 Å². The van der Waals surface area contributed by atoms with Crippen molar-refractivity contribution in [2.75, 3.05) is 26.7 Å². The number of para-hydroxylation sites is 1. The summed E-state index contributed by atoms with van der Waals surface area (Å²) < 4.78 is 7.27. The first-order valence-electron chi connectivity index (χ1n) is 12.4. The minimum absolute atomic E-state index is 0.0288. The molecule has 1 aromatic heterocycles.